The number of halogens is 1. The standard InChI is InChI=1S/C15H24ClNO3/c1-11(2)15(8-18)17-7-14(19)10-20-9-12-3-5-13(16)6-4-12/h3-6,11,14-15,17-19H,7-10H2,1-2H3. The van der Waals surface area contributed by atoms with Crippen molar-refractivity contribution in [1.29, 1.82) is 0 Å². The van der Waals surface area contributed by atoms with Crippen LogP contribution in [0.4, 0.5) is 0 Å². The number of aliphatic hydroxyl groups excluding tert-OH is 2. The van der Waals surface area contributed by atoms with Crippen molar-refractivity contribution < 1.29 is 14.9 Å². The first kappa shape index (κ1) is 17.4. The summed E-state index contributed by atoms with van der Waals surface area (Å²) in [6.45, 7) is 5.22. The van der Waals surface area contributed by atoms with E-state index in [0.29, 0.717) is 24.1 Å². The summed E-state index contributed by atoms with van der Waals surface area (Å²) < 4.78 is 5.45. The van der Waals surface area contributed by atoms with Crippen LogP contribution >= 0.6 is 11.6 Å². The molecular weight excluding hydrogens is 278 g/mol. The fourth-order valence-corrected chi connectivity index (χ4v) is 1.88. The molecule has 1 aromatic rings. The number of nitrogens with one attached hydrogen (secondary N) is 1. The van der Waals surface area contributed by atoms with E-state index in [2.05, 4.69) is 5.32 Å². The predicted octanol–water partition coefficient (Wildman–Crippen LogP) is 1.82. The number of hydrogen-bond donors (Lipinski definition) is 3. The molecule has 0 bridgehead atoms. The van der Waals surface area contributed by atoms with Crippen molar-refractivity contribution in [2.45, 2.75) is 32.6 Å². The molecule has 4 nitrogen and oxygen atoms in total. The van der Waals surface area contributed by atoms with Crippen LogP contribution in [0.25, 0.3) is 0 Å². The lowest BCUT2D eigenvalue weighted by molar-refractivity contribution is 0.0255. The Labute approximate surface area is 125 Å². The third kappa shape index (κ3) is 6.68. The Kier molecular flexibility index (Phi) is 8.11. The highest BCUT2D eigenvalue weighted by molar-refractivity contribution is 6.30. The van der Waals surface area contributed by atoms with E-state index < -0.39 is 6.10 Å². The number of hydrogen-bond acceptors (Lipinski definition) is 4. The van der Waals surface area contributed by atoms with Crippen LogP contribution in [0, 0.1) is 5.92 Å². The second-order valence-corrected chi connectivity index (χ2v) is 5.67. The SMILES string of the molecule is CC(C)C(CO)NCC(O)COCc1ccc(Cl)cc1. The highest BCUT2D eigenvalue weighted by Crippen LogP contribution is 2.10. The summed E-state index contributed by atoms with van der Waals surface area (Å²) in [5.41, 5.74) is 1.02. The maximum atomic E-state index is 9.81. The van der Waals surface area contributed by atoms with E-state index in [1.807, 2.05) is 38.1 Å². The molecule has 0 heterocycles. The van der Waals surface area contributed by atoms with Crippen molar-refractivity contribution in [2.24, 2.45) is 5.92 Å². The van der Waals surface area contributed by atoms with Crippen LogP contribution in [-0.4, -0.2) is 42.1 Å². The first-order valence-corrected chi connectivity index (χ1v) is 7.25. The Morgan fingerprint density at radius 3 is 2.45 bits per heavy atom. The minimum atomic E-state index is -0.588. The van der Waals surface area contributed by atoms with E-state index in [1.54, 1.807) is 0 Å². The van der Waals surface area contributed by atoms with Crippen LogP contribution in [0.5, 0.6) is 0 Å². The molecule has 5 heteroatoms. The molecule has 0 fully saturated rings. The van der Waals surface area contributed by atoms with Gasteiger partial charge in [0.05, 0.1) is 25.9 Å². The van der Waals surface area contributed by atoms with Gasteiger partial charge in [-0.1, -0.05) is 37.6 Å². The summed E-state index contributed by atoms with van der Waals surface area (Å²) >= 11 is 5.80. The van der Waals surface area contributed by atoms with Gasteiger partial charge < -0.3 is 20.3 Å². The minimum Gasteiger partial charge on any atom is -0.395 e. The molecular formula is C15H24ClNO3. The molecule has 20 heavy (non-hydrogen) atoms. The molecule has 0 radical (unpaired) electrons. The van der Waals surface area contributed by atoms with Gasteiger partial charge >= 0.3 is 0 Å². The van der Waals surface area contributed by atoms with E-state index in [4.69, 9.17) is 16.3 Å². The molecule has 0 aliphatic heterocycles. The Morgan fingerprint density at radius 1 is 1.25 bits per heavy atom. The molecule has 1 aromatic carbocycles. The largest absolute Gasteiger partial charge is 0.395 e. The van der Waals surface area contributed by atoms with Crippen LogP contribution in [0.15, 0.2) is 24.3 Å². The van der Waals surface area contributed by atoms with Gasteiger partial charge in [0.15, 0.2) is 0 Å². The molecule has 0 spiro atoms. The summed E-state index contributed by atoms with van der Waals surface area (Å²) in [4.78, 5) is 0. The topological polar surface area (TPSA) is 61.7 Å². The molecule has 0 aliphatic rings. The molecule has 2 unspecified atom stereocenters. The number of ether oxygens (including phenoxy) is 1. The Morgan fingerprint density at radius 2 is 1.90 bits per heavy atom. The first-order valence-electron chi connectivity index (χ1n) is 6.87. The first-order chi connectivity index (χ1) is 9.52. The fourth-order valence-electron chi connectivity index (χ4n) is 1.75. The van der Waals surface area contributed by atoms with Crippen LogP contribution in [0.2, 0.25) is 5.02 Å². The molecule has 3 N–H and O–H groups in total. The molecule has 1 rings (SSSR count). The van der Waals surface area contributed by atoms with Crippen molar-refractivity contribution >= 4 is 11.6 Å². The molecule has 0 amide bonds. The van der Waals surface area contributed by atoms with Crippen LogP contribution < -0.4 is 5.32 Å². The third-order valence-electron chi connectivity index (χ3n) is 3.11. The quantitative estimate of drug-likeness (QED) is 0.651. The molecule has 2 atom stereocenters. The van der Waals surface area contributed by atoms with Crippen molar-refractivity contribution in [3.8, 4) is 0 Å². The van der Waals surface area contributed by atoms with Gasteiger partial charge in [0.1, 0.15) is 0 Å². The lowest BCUT2D eigenvalue weighted by Gasteiger charge is -2.21. The maximum absolute atomic E-state index is 9.81. The zero-order valence-corrected chi connectivity index (χ0v) is 12.8. The minimum absolute atomic E-state index is 0.000847. The highest BCUT2D eigenvalue weighted by atomic mass is 35.5. The Balaban J connectivity index is 2.19. The van der Waals surface area contributed by atoms with Gasteiger partial charge in [0.25, 0.3) is 0 Å². The molecule has 0 aliphatic carbocycles. The summed E-state index contributed by atoms with van der Waals surface area (Å²) in [5, 5.41) is 22.8. The lowest BCUT2D eigenvalue weighted by Crippen LogP contribution is -2.42. The average Bonchev–Trinajstić information content (AvgIpc) is 2.41. The molecule has 0 saturated carbocycles. The summed E-state index contributed by atoms with van der Waals surface area (Å²) in [5.74, 6) is 0.321. The smallest absolute Gasteiger partial charge is 0.0897 e. The normalized spacial score (nSPS) is 14.5. The van der Waals surface area contributed by atoms with Crippen LogP contribution in [-0.2, 0) is 11.3 Å². The summed E-state index contributed by atoms with van der Waals surface area (Å²) in [6, 6.07) is 7.42. The van der Waals surface area contributed by atoms with E-state index in [-0.39, 0.29) is 19.3 Å². The molecule has 0 saturated heterocycles. The van der Waals surface area contributed by atoms with Gasteiger partial charge in [-0.05, 0) is 23.6 Å². The van der Waals surface area contributed by atoms with Gasteiger partial charge in [-0.25, -0.2) is 0 Å². The van der Waals surface area contributed by atoms with Gasteiger partial charge in [-0.3, -0.25) is 0 Å². The van der Waals surface area contributed by atoms with Gasteiger partial charge in [0, 0.05) is 17.6 Å². The van der Waals surface area contributed by atoms with Gasteiger partial charge in [-0.2, -0.15) is 0 Å². The number of rotatable bonds is 9. The lowest BCUT2D eigenvalue weighted by atomic mass is 10.1. The van der Waals surface area contributed by atoms with E-state index in [0.717, 1.165) is 5.56 Å². The maximum Gasteiger partial charge on any atom is 0.0897 e. The second-order valence-electron chi connectivity index (χ2n) is 5.24. The zero-order chi connectivity index (χ0) is 15.0. The predicted molar refractivity (Wildman–Crippen MR) is 80.8 cm³/mol. The Bertz CT molecular complexity index is 370. The average molecular weight is 302 g/mol. The van der Waals surface area contributed by atoms with E-state index in [9.17, 15) is 10.2 Å². The third-order valence-corrected chi connectivity index (χ3v) is 3.36. The summed E-state index contributed by atoms with van der Waals surface area (Å²) in [6.07, 6.45) is -0.588. The molecule has 114 valence electrons. The number of aliphatic hydroxyl groups is 2. The van der Waals surface area contributed by atoms with Gasteiger partial charge in [0.2, 0.25) is 0 Å². The van der Waals surface area contributed by atoms with Gasteiger partial charge in [-0.15, -0.1) is 0 Å². The van der Waals surface area contributed by atoms with Crippen LogP contribution in [0.1, 0.15) is 19.4 Å². The van der Waals surface area contributed by atoms with Crippen molar-refractivity contribution in [2.75, 3.05) is 19.8 Å². The van der Waals surface area contributed by atoms with Crippen molar-refractivity contribution in [3.05, 3.63) is 34.9 Å². The van der Waals surface area contributed by atoms with E-state index >= 15 is 0 Å². The van der Waals surface area contributed by atoms with Crippen LogP contribution in [0.3, 0.4) is 0 Å². The fraction of sp³-hybridized carbons (Fsp3) is 0.600. The number of benzene rings is 1. The monoisotopic (exact) mass is 301 g/mol. The van der Waals surface area contributed by atoms with E-state index in [1.165, 1.54) is 0 Å². The Hall–Kier alpha value is -0.650. The summed E-state index contributed by atoms with van der Waals surface area (Å²) in [7, 11) is 0. The zero-order valence-electron chi connectivity index (χ0n) is 12.1. The van der Waals surface area contributed by atoms with Crippen molar-refractivity contribution in [3.63, 3.8) is 0 Å². The highest BCUT2D eigenvalue weighted by Gasteiger charge is 2.13. The molecule has 0 aromatic heterocycles. The van der Waals surface area contributed by atoms with Crippen molar-refractivity contribution in [1.82, 2.24) is 5.32 Å². The second kappa shape index (κ2) is 9.32.